The predicted octanol–water partition coefficient (Wildman–Crippen LogP) is 2.17. The normalized spacial score (nSPS) is 12.2. The van der Waals surface area contributed by atoms with Gasteiger partial charge in [-0.15, -0.1) is 12.6 Å². The summed E-state index contributed by atoms with van der Waals surface area (Å²) in [5.74, 6) is -0.718. The summed E-state index contributed by atoms with van der Waals surface area (Å²) in [5, 5.41) is 8.80. The molecule has 0 spiro atoms. The van der Waals surface area contributed by atoms with Gasteiger partial charge in [-0.2, -0.15) is 0 Å². The number of rotatable bonds is 3. The Labute approximate surface area is 88.1 Å². The van der Waals surface area contributed by atoms with Crippen molar-refractivity contribution in [2.75, 3.05) is 7.11 Å². The van der Waals surface area contributed by atoms with Gasteiger partial charge < -0.3 is 9.84 Å². The average molecular weight is 212 g/mol. The van der Waals surface area contributed by atoms with Crippen molar-refractivity contribution in [2.24, 2.45) is 0 Å². The smallest absolute Gasteiger partial charge is 0.310 e. The molecule has 1 aromatic carbocycles. The summed E-state index contributed by atoms with van der Waals surface area (Å²) >= 11 is 4.19. The van der Waals surface area contributed by atoms with E-state index in [1.54, 1.807) is 32.2 Å². The average Bonchev–Trinajstić information content (AvgIpc) is 2.16. The van der Waals surface area contributed by atoms with Crippen molar-refractivity contribution in [2.45, 2.75) is 17.7 Å². The summed E-state index contributed by atoms with van der Waals surface area (Å²) in [6.07, 6.45) is 0. The first-order chi connectivity index (χ1) is 6.56. The molecule has 3 nitrogen and oxygen atoms in total. The second-order valence-corrected chi connectivity index (χ2v) is 3.47. The molecule has 0 bridgehead atoms. The number of carboxylic acids is 1. The highest BCUT2D eigenvalue weighted by molar-refractivity contribution is 7.80. The van der Waals surface area contributed by atoms with Gasteiger partial charge >= 0.3 is 5.97 Å². The molecule has 1 N–H and O–H groups in total. The number of carboxylic acid groups (broad SMARTS) is 1. The van der Waals surface area contributed by atoms with Crippen molar-refractivity contribution in [3.05, 3.63) is 23.8 Å². The Balaban J connectivity index is 3.02. The Morgan fingerprint density at radius 2 is 2.21 bits per heavy atom. The molecule has 0 amide bonds. The van der Waals surface area contributed by atoms with Gasteiger partial charge in [0.15, 0.2) is 0 Å². The van der Waals surface area contributed by atoms with Gasteiger partial charge in [-0.25, -0.2) is 0 Å². The highest BCUT2D eigenvalue weighted by Gasteiger charge is 2.14. The van der Waals surface area contributed by atoms with Crippen LogP contribution in [-0.2, 0) is 4.79 Å². The molecule has 0 heterocycles. The maximum absolute atomic E-state index is 10.7. The van der Waals surface area contributed by atoms with Crippen LogP contribution in [0.4, 0.5) is 0 Å². The summed E-state index contributed by atoms with van der Waals surface area (Å²) in [7, 11) is 1.55. The lowest BCUT2D eigenvalue weighted by molar-refractivity contribution is -0.138. The fourth-order valence-corrected chi connectivity index (χ4v) is 1.43. The lowest BCUT2D eigenvalue weighted by Gasteiger charge is -2.09. The summed E-state index contributed by atoms with van der Waals surface area (Å²) in [5.41, 5.74) is 0.725. The van der Waals surface area contributed by atoms with Crippen LogP contribution >= 0.6 is 12.6 Å². The van der Waals surface area contributed by atoms with Gasteiger partial charge in [-0.3, -0.25) is 4.79 Å². The number of carbonyl (C=O) groups is 1. The zero-order valence-electron chi connectivity index (χ0n) is 8.02. The highest BCUT2D eigenvalue weighted by Crippen LogP contribution is 2.26. The van der Waals surface area contributed by atoms with Crippen molar-refractivity contribution in [3.63, 3.8) is 0 Å². The molecule has 0 saturated carbocycles. The van der Waals surface area contributed by atoms with Crippen LogP contribution in [0.1, 0.15) is 18.4 Å². The van der Waals surface area contributed by atoms with Crippen LogP contribution in [0.15, 0.2) is 23.1 Å². The number of hydrogen-bond acceptors (Lipinski definition) is 3. The number of benzene rings is 1. The fraction of sp³-hybridized carbons (Fsp3) is 0.300. The highest BCUT2D eigenvalue weighted by atomic mass is 32.1. The largest absolute Gasteiger partial charge is 0.496 e. The third kappa shape index (κ3) is 2.20. The Hall–Kier alpha value is -1.16. The molecule has 1 unspecified atom stereocenters. The lowest BCUT2D eigenvalue weighted by Crippen LogP contribution is -2.07. The zero-order valence-corrected chi connectivity index (χ0v) is 8.91. The number of thiol groups is 1. The van der Waals surface area contributed by atoms with E-state index >= 15 is 0 Å². The van der Waals surface area contributed by atoms with E-state index in [1.165, 1.54) is 0 Å². The van der Waals surface area contributed by atoms with Crippen LogP contribution in [0.25, 0.3) is 0 Å². The maximum atomic E-state index is 10.7. The number of hydrogen-bond donors (Lipinski definition) is 2. The molecule has 14 heavy (non-hydrogen) atoms. The van der Waals surface area contributed by atoms with E-state index in [1.807, 2.05) is 0 Å². The Bertz CT molecular complexity index is 349. The summed E-state index contributed by atoms with van der Waals surface area (Å²) < 4.78 is 5.02. The molecule has 1 atom stereocenters. The molecular weight excluding hydrogens is 200 g/mol. The maximum Gasteiger partial charge on any atom is 0.310 e. The molecule has 0 aromatic heterocycles. The second kappa shape index (κ2) is 4.37. The first-order valence-corrected chi connectivity index (χ1v) is 4.60. The number of ether oxygens (including phenoxy) is 1. The van der Waals surface area contributed by atoms with Gasteiger partial charge in [-0.05, 0) is 24.6 Å². The molecule has 0 fully saturated rings. The number of methoxy groups -OCH3 is 1. The quantitative estimate of drug-likeness (QED) is 0.755. The Morgan fingerprint density at radius 3 is 2.64 bits per heavy atom. The van der Waals surface area contributed by atoms with Crippen LogP contribution in [0.3, 0.4) is 0 Å². The van der Waals surface area contributed by atoms with Crippen LogP contribution in [0.5, 0.6) is 5.75 Å². The van der Waals surface area contributed by atoms with E-state index in [4.69, 9.17) is 9.84 Å². The van der Waals surface area contributed by atoms with Gasteiger partial charge in [0.2, 0.25) is 0 Å². The molecule has 76 valence electrons. The first-order valence-electron chi connectivity index (χ1n) is 4.16. The SMILES string of the molecule is COc1ccc(C(C)C(=O)O)cc1S. The summed E-state index contributed by atoms with van der Waals surface area (Å²) in [6.45, 7) is 1.64. The van der Waals surface area contributed by atoms with Gasteiger partial charge in [0.25, 0.3) is 0 Å². The van der Waals surface area contributed by atoms with Crippen molar-refractivity contribution in [1.82, 2.24) is 0 Å². The van der Waals surface area contributed by atoms with Gasteiger partial charge in [0.1, 0.15) is 5.75 Å². The van der Waals surface area contributed by atoms with E-state index in [0.717, 1.165) is 5.56 Å². The standard InChI is InChI=1S/C10H12O3S/c1-6(10(11)12)7-3-4-8(13-2)9(14)5-7/h3-6,14H,1-2H3,(H,11,12). The van der Waals surface area contributed by atoms with Crippen LogP contribution in [0, 0.1) is 0 Å². The Morgan fingerprint density at radius 1 is 1.57 bits per heavy atom. The van der Waals surface area contributed by atoms with Crippen molar-refractivity contribution in [3.8, 4) is 5.75 Å². The molecule has 0 radical (unpaired) electrons. The topological polar surface area (TPSA) is 46.5 Å². The second-order valence-electron chi connectivity index (χ2n) is 2.99. The monoisotopic (exact) mass is 212 g/mol. The van der Waals surface area contributed by atoms with Gasteiger partial charge in [0.05, 0.1) is 13.0 Å². The molecule has 0 aliphatic rings. The number of aliphatic carboxylic acids is 1. The molecule has 0 aliphatic heterocycles. The summed E-state index contributed by atoms with van der Waals surface area (Å²) in [6, 6.07) is 5.16. The predicted molar refractivity (Wildman–Crippen MR) is 56.3 cm³/mol. The first kappa shape index (κ1) is 10.9. The molecule has 1 rings (SSSR count). The van der Waals surface area contributed by atoms with E-state index < -0.39 is 11.9 Å². The van der Waals surface area contributed by atoms with E-state index in [9.17, 15) is 4.79 Å². The minimum atomic E-state index is -0.845. The zero-order chi connectivity index (χ0) is 10.7. The Kier molecular flexibility index (Phi) is 3.41. The molecule has 1 aromatic rings. The molecular formula is C10H12O3S. The van der Waals surface area contributed by atoms with Gasteiger partial charge in [-0.1, -0.05) is 6.07 Å². The van der Waals surface area contributed by atoms with E-state index in [0.29, 0.717) is 10.6 Å². The van der Waals surface area contributed by atoms with E-state index in [-0.39, 0.29) is 0 Å². The van der Waals surface area contributed by atoms with Crippen molar-refractivity contribution >= 4 is 18.6 Å². The minimum absolute atomic E-state index is 0.521. The third-order valence-corrected chi connectivity index (χ3v) is 2.42. The molecule has 0 saturated heterocycles. The fourth-order valence-electron chi connectivity index (χ4n) is 1.12. The van der Waals surface area contributed by atoms with Crippen LogP contribution in [-0.4, -0.2) is 18.2 Å². The van der Waals surface area contributed by atoms with E-state index in [2.05, 4.69) is 12.6 Å². The van der Waals surface area contributed by atoms with Gasteiger partial charge in [0, 0.05) is 4.90 Å². The van der Waals surface area contributed by atoms with Crippen LogP contribution < -0.4 is 4.74 Å². The third-order valence-electron chi connectivity index (χ3n) is 2.07. The van der Waals surface area contributed by atoms with Crippen molar-refractivity contribution in [1.29, 1.82) is 0 Å². The van der Waals surface area contributed by atoms with Crippen molar-refractivity contribution < 1.29 is 14.6 Å². The molecule has 4 heteroatoms. The lowest BCUT2D eigenvalue weighted by atomic mass is 10.0. The van der Waals surface area contributed by atoms with Crippen LogP contribution in [0.2, 0.25) is 0 Å². The summed E-state index contributed by atoms with van der Waals surface area (Å²) in [4.78, 5) is 11.4. The molecule has 0 aliphatic carbocycles. The minimum Gasteiger partial charge on any atom is -0.496 e.